The predicted octanol–water partition coefficient (Wildman–Crippen LogP) is 1.33. The minimum absolute atomic E-state index is 0.337. The van der Waals surface area contributed by atoms with E-state index >= 15 is 0 Å². The number of nitrogens with two attached hydrogens (primary N) is 1. The molecule has 0 saturated heterocycles. The van der Waals surface area contributed by atoms with Crippen molar-refractivity contribution in [3.63, 3.8) is 0 Å². The monoisotopic (exact) mass is 223 g/mol. The van der Waals surface area contributed by atoms with E-state index in [0.29, 0.717) is 17.9 Å². The molecule has 1 rings (SSSR count). The Kier molecular flexibility index (Phi) is 4.13. The molecule has 0 bridgehead atoms. The number of benzene rings is 1. The number of carbonyl (C=O) groups excluding carboxylic acids is 1. The van der Waals surface area contributed by atoms with E-state index in [2.05, 4.69) is 5.43 Å². The van der Waals surface area contributed by atoms with Crippen LogP contribution in [0, 0.1) is 0 Å². The molecule has 3 N–H and O–H groups in total. The Morgan fingerprint density at radius 2 is 2.19 bits per heavy atom. The molecule has 5 heteroatoms. The maximum atomic E-state index is 11.6. The van der Waals surface area contributed by atoms with Crippen LogP contribution in [-0.4, -0.2) is 31.7 Å². The lowest BCUT2D eigenvalue weighted by atomic mass is 10.1. The van der Waals surface area contributed by atoms with Gasteiger partial charge >= 0.3 is 5.97 Å². The lowest BCUT2D eigenvalue weighted by molar-refractivity contribution is 0.0527. The molecule has 0 spiro atoms. The molecule has 88 valence electrons. The molecular formula is C11H17N3O2. The van der Waals surface area contributed by atoms with E-state index < -0.39 is 5.97 Å². The van der Waals surface area contributed by atoms with Gasteiger partial charge in [0.1, 0.15) is 0 Å². The Balaban J connectivity index is 2.94. The van der Waals surface area contributed by atoms with E-state index in [4.69, 9.17) is 10.5 Å². The summed E-state index contributed by atoms with van der Waals surface area (Å²) in [5, 5.41) is 1.78. The predicted molar refractivity (Wildman–Crippen MR) is 64.1 cm³/mol. The lowest BCUT2D eigenvalue weighted by Gasteiger charge is -2.14. The van der Waals surface area contributed by atoms with Gasteiger partial charge in [-0.05, 0) is 25.1 Å². The fourth-order valence-corrected chi connectivity index (χ4v) is 1.27. The minimum atomic E-state index is -0.401. The summed E-state index contributed by atoms with van der Waals surface area (Å²) in [6, 6.07) is 5.16. The quantitative estimate of drug-likeness (QED) is 0.458. The summed E-state index contributed by atoms with van der Waals surface area (Å²) in [4.78, 5) is 11.6. The second-order valence-electron chi connectivity index (χ2n) is 3.53. The molecule has 0 aliphatic heterocycles. The number of nitrogen functional groups attached to an aromatic ring is 1. The molecule has 0 radical (unpaired) electrons. The van der Waals surface area contributed by atoms with Crippen molar-refractivity contribution < 1.29 is 9.53 Å². The van der Waals surface area contributed by atoms with Crippen LogP contribution in [0.5, 0.6) is 0 Å². The third-order valence-corrected chi connectivity index (χ3v) is 1.90. The highest BCUT2D eigenvalue weighted by Gasteiger charge is 2.11. The molecule has 0 aliphatic carbocycles. The van der Waals surface area contributed by atoms with E-state index in [1.54, 1.807) is 30.1 Å². The van der Waals surface area contributed by atoms with Crippen molar-refractivity contribution in [1.29, 1.82) is 0 Å². The van der Waals surface area contributed by atoms with Crippen LogP contribution in [0.2, 0.25) is 0 Å². The van der Waals surface area contributed by atoms with Crippen LogP contribution in [-0.2, 0) is 4.74 Å². The Morgan fingerprint density at radius 1 is 1.50 bits per heavy atom. The molecule has 0 atom stereocenters. The highest BCUT2D eigenvalue weighted by molar-refractivity contribution is 5.96. The van der Waals surface area contributed by atoms with Gasteiger partial charge in [-0.2, -0.15) is 0 Å². The first-order valence-electron chi connectivity index (χ1n) is 5.05. The van der Waals surface area contributed by atoms with Gasteiger partial charge in [-0.25, -0.2) is 9.80 Å². The fraction of sp³-hybridized carbons (Fsp3) is 0.364. The van der Waals surface area contributed by atoms with Crippen molar-refractivity contribution in [2.45, 2.75) is 6.92 Å². The van der Waals surface area contributed by atoms with Gasteiger partial charge in [-0.3, -0.25) is 0 Å². The van der Waals surface area contributed by atoms with Crippen LogP contribution in [0.25, 0.3) is 0 Å². The van der Waals surface area contributed by atoms with Gasteiger partial charge in [-0.1, -0.05) is 0 Å². The smallest absolute Gasteiger partial charge is 0.340 e. The van der Waals surface area contributed by atoms with E-state index in [1.165, 1.54) is 0 Å². The number of hydrogen-bond acceptors (Lipinski definition) is 5. The highest BCUT2D eigenvalue weighted by Crippen LogP contribution is 2.18. The second-order valence-corrected chi connectivity index (χ2v) is 3.53. The minimum Gasteiger partial charge on any atom is -0.462 e. The van der Waals surface area contributed by atoms with Crippen LogP contribution in [0.15, 0.2) is 18.2 Å². The molecule has 5 nitrogen and oxygen atoms in total. The van der Waals surface area contributed by atoms with Crippen molar-refractivity contribution in [2.24, 2.45) is 0 Å². The van der Waals surface area contributed by atoms with Gasteiger partial charge in [0, 0.05) is 25.5 Å². The molecule has 1 aromatic rings. The van der Waals surface area contributed by atoms with Crippen molar-refractivity contribution in [2.75, 3.05) is 31.9 Å². The lowest BCUT2D eigenvalue weighted by Crippen LogP contribution is -2.20. The highest BCUT2D eigenvalue weighted by atomic mass is 16.5. The number of nitrogens with zero attached hydrogens (tertiary/aromatic N) is 1. The first kappa shape index (κ1) is 12.3. The largest absolute Gasteiger partial charge is 0.462 e. The molecular weight excluding hydrogens is 206 g/mol. The third-order valence-electron chi connectivity index (χ3n) is 1.90. The summed E-state index contributed by atoms with van der Waals surface area (Å²) in [7, 11) is 3.72. The van der Waals surface area contributed by atoms with Gasteiger partial charge in [0.05, 0.1) is 12.2 Å². The zero-order valence-corrected chi connectivity index (χ0v) is 9.78. The summed E-state index contributed by atoms with van der Waals surface area (Å²) in [5.74, 6) is -0.401. The number of hydrazine groups is 1. The molecule has 0 fully saturated rings. The van der Waals surface area contributed by atoms with Gasteiger partial charge in [0.2, 0.25) is 0 Å². The summed E-state index contributed by atoms with van der Waals surface area (Å²) in [6.07, 6.45) is 0. The van der Waals surface area contributed by atoms with Crippen LogP contribution in [0.1, 0.15) is 17.3 Å². The Labute approximate surface area is 95.2 Å². The molecule has 16 heavy (non-hydrogen) atoms. The van der Waals surface area contributed by atoms with Crippen molar-refractivity contribution in [1.82, 2.24) is 5.01 Å². The summed E-state index contributed by atoms with van der Waals surface area (Å²) >= 11 is 0. The number of hydrogen-bond donors (Lipinski definition) is 2. The zero-order chi connectivity index (χ0) is 12.1. The van der Waals surface area contributed by atoms with Crippen LogP contribution in [0.3, 0.4) is 0 Å². The number of nitrogens with one attached hydrogen (secondary N) is 1. The van der Waals surface area contributed by atoms with Crippen LogP contribution < -0.4 is 11.2 Å². The van der Waals surface area contributed by atoms with Crippen molar-refractivity contribution >= 4 is 17.3 Å². The Morgan fingerprint density at radius 3 is 2.75 bits per heavy atom. The topological polar surface area (TPSA) is 67.6 Å². The number of ether oxygens (including phenoxy) is 1. The molecule has 0 unspecified atom stereocenters. The SMILES string of the molecule is CCOC(=O)c1cc(NN(C)C)ccc1N. The van der Waals surface area contributed by atoms with E-state index in [-0.39, 0.29) is 0 Å². The summed E-state index contributed by atoms with van der Waals surface area (Å²) < 4.78 is 4.91. The van der Waals surface area contributed by atoms with Gasteiger partial charge in [0.15, 0.2) is 0 Å². The third kappa shape index (κ3) is 3.13. The number of rotatable bonds is 4. The second kappa shape index (κ2) is 5.37. The average Bonchev–Trinajstić information content (AvgIpc) is 2.20. The number of carbonyl (C=O) groups is 1. The first-order valence-corrected chi connectivity index (χ1v) is 5.05. The van der Waals surface area contributed by atoms with E-state index in [1.807, 2.05) is 14.1 Å². The summed E-state index contributed by atoms with van der Waals surface area (Å²) in [5.41, 5.74) is 10.3. The summed E-state index contributed by atoms with van der Waals surface area (Å²) in [6.45, 7) is 2.10. The fourth-order valence-electron chi connectivity index (χ4n) is 1.27. The van der Waals surface area contributed by atoms with Gasteiger partial charge < -0.3 is 15.9 Å². The Hall–Kier alpha value is -1.75. The Bertz CT molecular complexity index is 377. The molecule has 0 aromatic heterocycles. The molecule has 0 aliphatic rings. The normalized spacial score (nSPS) is 10.2. The zero-order valence-electron chi connectivity index (χ0n) is 9.78. The van der Waals surface area contributed by atoms with Gasteiger partial charge in [0.25, 0.3) is 0 Å². The van der Waals surface area contributed by atoms with Crippen LogP contribution >= 0.6 is 0 Å². The standard InChI is InChI=1S/C11H17N3O2/c1-4-16-11(15)9-7-8(13-14(2)3)5-6-10(9)12/h5-7,13H,4,12H2,1-3H3. The first-order chi connectivity index (χ1) is 7.54. The van der Waals surface area contributed by atoms with Crippen molar-refractivity contribution in [3.05, 3.63) is 23.8 Å². The van der Waals surface area contributed by atoms with Crippen LogP contribution in [0.4, 0.5) is 11.4 Å². The number of anilines is 2. The molecule has 0 heterocycles. The maximum Gasteiger partial charge on any atom is 0.340 e. The van der Waals surface area contributed by atoms with E-state index in [0.717, 1.165) is 5.69 Å². The van der Waals surface area contributed by atoms with Crippen molar-refractivity contribution in [3.8, 4) is 0 Å². The molecule has 0 saturated carbocycles. The molecule has 1 aromatic carbocycles. The number of esters is 1. The molecule has 0 amide bonds. The average molecular weight is 223 g/mol. The van der Waals surface area contributed by atoms with Gasteiger partial charge in [-0.15, -0.1) is 0 Å². The van der Waals surface area contributed by atoms with E-state index in [9.17, 15) is 4.79 Å². The maximum absolute atomic E-state index is 11.6.